The summed E-state index contributed by atoms with van der Waals surface area (Å²) in [5, 5.41) is 0.347. The van der Waals surface area contributed by atoms with Gasteiger partial charge in [-0.2, -0.15) is 13.2 Å². The van der Waals surface area contributed by atoms with Crippen LogP contribution >= 0.6 is 0 Å². The first-order valence-electron chi connectivity index (χ1n) is 10.0. The molecule has 3 aromatic carbocycles. The van der Waals surface area contributed by atoms with Crippen LogP contribution in [0.1, 0.15) is 18.1 Å². The summed E-state index contributed by atoms with van der Waals surface area (Å²) in [5.74, 6) is -0.149. The monoisotopic (exact) mass is 455 g/mol. The highest BCUT2D eigenvalue weighted by Gasteiger charge is 2.33. The summed E-state index contributed by atoms with van der Waals surface area (Å²) in [5.41, 5.74) is 1.25. The number of alkyl halides is 3. The highest BCUT2D eigenvalue weighted by atomic mass is 32.2. The minimum absolute atomic E-state index is 0.0770. The number of halogens is 3. The summed E-state index contributed by atoms with van der Waals surface area (Å²) < 4.78 is 67.2. The van der Waals surface area contributed by atoms with Gasteiger partial charge in [-0.15, -0.1) is 0 Å². The molecule has 0 aliphatic carbocycles. The van der Waals surface area contributed by atoms with E-state index in [1.54, 1.807) is 68.4 Å². The number of nitrogens with zero attached hydrogens (tertiary/aromatic N) is 1. The number of sulfone groups is 1. The van der Waals surface area contributed by atoms with E-state index in [2.05, 4.69) is 4.98 Å². The highest BCUT2D eigenvalue weighted by molar-refractivity contribution is 7.91. The molecule has 0 bridgehead atoms. The summed E-state index contributed by atoms with van der Waals surface area (Å²) in [4.78, 5) is 4.45. The van der Waals surface area contributed by atoms with Gasteiger partial charge in [-0.05, 0) is 30.2 Å². The lowest BCUT2D eigenvalue weighted by atomic mass is 9.98. The minimum atomic E-state index is -4.58. The van der Waals surface area contributed by atoms with Crippen molar-refractivity contribution in [2.75, 3.05) is 5.75 Å². The number of hydrogen-bond donors (Lipinski definition) is 0. The van der Waals surface area contributed by atoms with Gasteiger partial charge in [0, 0.05) is 16.5 Å². The van der Waals surface area contributed by atoms with Crippen LogP contribution in [-0.2, 0) is 16.0 Å². The van der Waals surface area contributed by atoms with E-state index in [-0.39, 0.29) is 21.9 Å². The zero-order valence-electron chi connectivity index (χ0n) is 17.4. The molecular weight excluding hydrogens is 435 g/mol. The van der Waals surface area contributed by atoms with E-state index < -0.39 is 21.6 Å². The fourth-order valence-corrected chi connectivity index (χ4v) is 5.16. The second-order valence-electron chi connectivity index (χ2n) is 7.48. The molecule has 0 aliphatic rings. The van der Waals surface area contributed by atoms with Crippen LogP contribution in [0, 0.1) is 6.92 Å². The van der Waals surface area contributed by atoms with E-state index in [1.807, 2.05) is 6.07 Å². The van der Waals surface area contributed by atoms with Crippen LogP contribution in [0.2, 0.25) is 0 Å². The first-order valence-corrected chi connectivity index (χ1v) is 11.7. The summed E-state index contributed by atoms with van der Waals surface area (Å²) in [6.45, 7) is 3.27. The normalized spacial score (nSPS) is 12.3. The van der Waals surface area contributed by atoms with Crippen molar-refractivity contribution in [2.24, 2.45) is 0 Å². The predicted octanol–water partition coefficient (Wildman–Crippen LogP) is 6.69. The first-order chi connectivity index (χ1) is 15.1. The van der Waals surface area contributed by atoms with Crippen molar-refractivity contribution in [1.29, 1.82) is 0 Å². The van der Waals surface area contributed by atoms with Crippen LogP contribution in [0.4, 0.5) is 13.2 Å². The molecule has 3 nitrogen and oxygen atoms in total. The Kier molecular flexibility index (Phi) is 5.54. The molecule has 1 heterocycles. The molecular formula is C25H20F3NO2S. The fourth-order valence-electron chi connectivity index (χ4n) is 3.85. The maximum atomic E-state index is 13.6. The van der Waals surface area contributed by atoms with Crippen LogP contribution in [0.25, 0.3) is 33.3 Å². The number of hydrogen-bond acceptors (Lipinski definition) is 3. The molecule has 0 saturated carbocycles. The first kappa shape index (κ1) is 22.0. The number of aromatic nitrogens is 1. The fraction of sp³-hybridized carbons (Fsp3) is 0.160. The number of rotatable bonds is 4. The molecule has 0 aliphatic heterocycles. The topological polar surface area (TPSA) is 47.0 Å². The third-order valence-corrected chi connectivity index (χ3v) is 7.21. The minimum Gasteiger partial charge on any atom is -0.247 e. The van der Waals surface area contributed by atoms with Crippen LogP contribution in [-0.4, -0.2) is 19.2 Å². The maximum Gasteiger partial charge on any atom is 0.418 e. The average Bonchev–Trinajstić information content (AvgIpc) is 2.77. The summed E-state index contributed by atoms with van der Waals surface area (Å²) >= 11 is 0. The van der Waals surface area contributed by atoms with Gasteiger partial charge in [-0.25, -0.2) is 13.4 Å². The molecule has 4 aromatic rings. The standard InChI is InChI=1S/C25H20F3NO2S/c1-3-32(30,31)24-19(17-9-5-4-6-10-17)12-8-13-20(24)22-16(2)15-18-11-7-14-21(23(18)29-22)25(26,27)28/h4-15H,3H2,1-2H3. The Morgan fingerprint density at radius 1 is 0.875 bits per heavy atom. The van der Waals surface area contributed by atoms with Gasteiger partial charge >= 0.3 is 6.18 Å². The van der Waals surface area contributed by atoms with E-state index in [9.17, 15) is 21.6 Å². The Balaban J connectivity index is 2.10. The Morgan fingerprint density at radius 3 is 2.19 bits per heavy atom. The van der Waals surface area contributed by atoms with Crippen molar-refractivity contribution in [3.8, 4) is 22.4 Å². The number of aryl methyl sites for hydroxylation is 1. The van der Waals surface area contributed by atoms with Crippen molar-refractivity contribution in [3.05, 3.63) is 83.9 Å². The van der Waals surface area contributed by atoms with E-state index in [0.717, 1.165) is 6.07 Å². The van der Waals surface area contributed by atoms with Gasteiger partial charge in [0.15, 0.2) is 9.84 Å². The van der Waals surface area contributed by atoms with Gasteiger partial charge in [-0.1, -0.05) is 67.6 Å². The molecule has 0 spiro atoms. The molecule has 0 amide bonds. The van der Waals surface area contributed by atoms with Gasteiger partial charge in [0.2, 0.25) is 0 Å². The molecule has 32 heavy (non-hydrogen) atoms. The smallest absolute Gasteiger partial charge is 0.247 e. The van der Waals surface area contributed by atoms with E-state index in [0.29, 0.717) is 27.6 Å². The summed E-state index contributed by atoms with van der Waals surface area (Å²) in [6, 6.07) is 19.6. The molecule has 1 aromatic heterocycles. The average molecular weight is 456 g/mol. The molecule has 0 N–H and O–H groups in total. The number of fused-ring (bicyclic) bond motifs is 1. The van der Waals surface area contributed by atoms with Crippen LogP contribution < -0.4 is 0 Å². The Hall–Kier alpha value is -3.19. The van der Waals surface area contributed by atoms with E-state index in [4.69, 9.17) is 0 Å². The Bertz CT molecular complexity index is 1410. The van der Waals surface area contributed by atoms with Crippen molar-refractivity contribution >= 4 is 20.7 Å². The maximum absolute atomic E-state index is 13.6. The lowest BCUT2D eigenvalue weighted by Gasteiger charge is -2.17. The molecule has 0 saturated heterocycles. The van der Waals surface area contributed by atoms with Crippen LogP contribution in [0.3, 0.4) is 0 Å². The van der Waals surface area contributed by atoms with Gasteiger partial charge in [-0.3, -0.25) is 0 Å². The zero-order chi connectivity index (χ0) is 23.1. The lowest BCUT2D eigenvalue weighted by Crippen LogP contribution is -2.10. The lowest BCUT2D eigenvalue weighted by molar-refractivity contribution is -0.136. The third kappa shape index (κ3) is 3.88. The third-order valence-electron chi connectivity index (χ3n) is 5.39. The number of benzene rings is 3. The van der Waals surface area contributed by atoms with Crippen LogP contribution in [0.5, 0.6) is 0 Å². The van der Waals surface area contributed by atoms with Gasteiger partial charge in [0.1, 0.15) is 0 Å². The van der Waals surface area contributed by atoms with E-state index >= 15 is 0 Å². The quantitative estimate of drug-likeness (QED) is 0.344. The zero-order valence-corrected chi connectivity index (χ0v) is 18.3. The number of pyridine rings is 1. The molecule has 0 radical (unpaired) electrons. The molecule has 164 valence electrons. The highest BCUT2D eigenvalue weighted by Crippen LogP contribution is 2.40. The molecule has 0 atom stereocenters. The van der Waals surface area contributed by atoms with Gasteiger partial charge in [0.05, 0.1) is 27.4 Å². The van der Waals surface area contributed by atoms with Crippen molar-refractivity contribution in [1.82, 2.24) is 4.98 Å². The molecule has 0 unspecified atom stereocenters. The largest absolute Gasteiger partial charge is 0.418 e. The Morgan fingerprint density at radius 2 is 1.53 bits per heavy atom. The second-order valence-corrected chi connectivity index (χ2v) is 9.70. The van der Waals surface area contributed by atoms with Gasteiger partial charge in [0.25, 0.3) is 0 Å². The van der Waals surface area contributed by atoms with Gasteiger partial charge < -0.3 is 0 Å². The van der Waals surface area contributed by atoms with Crippen molar-refractivity contribution in [3.63, 3.8) is 0 Å². The Labute approximate surface area is 184 Å². The second kappa shape index (κ2) is 8.06. The summed E-state index contributed by atoms with van der Waals surface area (Å²) in [7, 11) is -3.73. The van der Waals surface area contributed by atoms with E-state index in [1.165, 1.54) is 6.07 Å². The number of para-hydroxylation sites is 1. The SMILES string of the molecule is CCS(=O)(=O)c1c(-c2ccccc2)cccc1-c1nc2c(C(F)(F)F)cccc2cc1C. The molecule has 0 fully saturated rings. The molecule has 7 heteroatoms. The predicted molar refractivity (Wildman–Crippen MR) is 120 cm³/mol. The molecule has 4 rings (SSSR count). The van der Waals surface area contributed by atoms with Crippen molar-refractivity contribution in [2.45, 2.75) is 24.9 Å². The van der Waals surface area contributed by atoms with Crippen molar-refractivity contribution < 1.29 is 21.6 Å². The van der Waals surface area contributed by atoms with Crippen LogP contribution in [0.15, 0.2) is 77.7 Å². The summed E-state index contributed by atoms with van der Waals surface area (Å²) in [6.07, 6.45) is -4.58.